The molecule has 5 nitrogen and oxygen atoms in total. The Balaban J connectivity index is 1.86. The number of nitrogens with one attached hydrogen (secondary N) is 2. The number of anilines is 2. The molecule has 1 aliphatic heterocycles. The summed E-state index contributed by atoms with van der Waals surface area (Å²) < 4.78 is 0. The van der Waals surface area contributed by atoms with E-state index in [-0.39, 0.29) is 0 Å². The van der Waals surface area contributed by atoms with Gasteiger partial charge < -0.3 is 10.2 Å². The maximum Gasteiger partial charge on any atom is 0.163 e. The van der Waals surface area contributed by atoms with E-state index in [0.29, 0.717) is 12.3 Å². The van der Waals surface area contributed by atoms with Crippen molar-refractivity contribution in [3.05, 3.63) is 36.2 Å². The number of aromatic nitrogens is 2. The molecule has 102 valence electrons. The lowest BCUT2D eigenvalue weighted by Gasteiger charge is -2.20. The van der Waals surface area contributed by atoms with Gasteiger partial charge in [-0.1, -0.05) is 17.8 Å². The molecule has 0 saturated carbocycles. The van der Waals surface area contributed by atoms with Gasteiger partial charge in [0.1, 0.15) is 5.03 Å². The van der Waals surface area contributed by atoms with Crippen LogP contribution in [0.5, 0.6) is 0 Å². The monoisotopic (exact) mass is 285 g/mol. The van der Waals surface area contributed by atoms with Crippen LogP contribution in [0.15, 0.2) is 40.5 Å². The lowest BCUT2D eigenvalue weighted by Crippen LogP contribution is -2.22. The van der Waals surface area contributed by atoms with Crippen LogP contribution in [0, 0.1) is 5.41 Å². The highest BCUT2D eigenvalue weighted by Crippen LogP contribution is 2.41. The predicted octanol–water partition coefficient (Wildman–Crippen LogP) is 2.77. The van der Waals surface area contributed by atoms with Crippen molar-refractivity contribution in [2.75, 3.05) is 19.4 Å². The third-order valence-corrected chi connectivity index (χ3v) is 4.15. The Morgan fingerprint density at radius 1 is 1.30 bits per heavy atom. The van der Waals surface area contributed by atoms with Crippen molar-refractivity contribution in [3.63, 3.8) is 0 Å². The number of rotatable bonds is 2. The van der Waals surface area contributed by atoms with Crippen molar-refractivity contribution < 1.29 is 0 Å². The zero-order valence-corrected chi connectivity index (χ0v) is 12.2. The molecule has 0 aliphatic carbocycles. The molecule has 0 radical (unpaired) electrons. The van der Waals surface area contributed by atoms with Crippen LogP contribution < -0.4 is 5.32 Å². The molecule has 0 unspecified atom stereocenters. The summed E-state index contributed by atoms with van der Waals surface area (Å²) in [6.07, 6.45) is 4.01. The summed E-state index contributed by atoms with van der Waals surface area (Å²) in [5.74, 6) is 1.39. The van der Waals surface area contributed by atoms with Gasteiger partial charge in [-0.15, -0.1) is 0 Å². The standard InChI is InChI=1S/C14H15N5S/c1-19(2)12(15)8-9-3-4-11-10(7-9)18-13-14(20-11)17-6-5-16-13/h3-7,15H,8H2,1-2H3,(H,16,18). The fraction of sp³-hybridized carbons (Fsp3) is 0.214. The van der Waals surface area contributed by atoms with Crippen LogP contribution in [0.25, 0.3) is 0 Å². The largest absolute Gasteiger partial charge is 0.366 e. The summed E-state index contributed by atoms with van der Waals surface area (Å²) in [6.45, 7) is 0. The van der Waals surface area contributed by atoms with Crippen molar-refractivity contribution in [3.8, 4) is 0 Å². The normalized spacial score (nSPS) is 12.1. The molecular weight excluding hydrogens is 270 g/mol. The molecule has 1 aromatic carbocycles. The molecule has 2 heterocycles. The molecule has 0 amide bonds. The van der Waals surface area contributed by atoms with E-state index in [1.54, 1.807) is 24.2 Å². The quantitative estimate of drug-likeness (QED) is 0.560. The highest BCUT2D eigenvalue weighted by Gasteiger charge is 2.17. The van der Waals surface area contributed by atoms with Gasteiger partial charge in [-0.2, -0.15) is 0 Å². The van der Waals surface area contributed by atoms with Crippen molar-refractivity contribution in [1.82, 2.24) is 14.9 Å². The maximum atomic E-state index is 7.92. The van der Waals surface area contributed by atoms with Gasteiger partial charge in [0.15, 0.2) is 5.82 Å². The summed E-state index contributed by atoms with van der Waals surface area (Å²) in [7, 11) is 3.78. The molecule has 1 aliphatic rings. The second kappa shape index (κ2) is 5.13. The molecule has 0 saturated heterocycles. The summed E-state index contributed by atoms with van der Waals surface area (Å²) in [5, 5.41) is 12.1. The smallest absolute Gasteiger partial charge is 0.163 e. The Morgan fingerprint density at radius 2 is 2.10 bits per heavy atom. The van der Waals surface area contributed by atoms with Crippen molar-refractivity contribution in [1.29, 1.82) is 5.41 Å². The molecule has 0 atom stereocenters. The Hall–Kier alpha value is -2.08. The summed E-state index contributed by atoms with van der Waals surface area (Å²) in [6, 6.07) is 6.22. The predicted molar refractivity (Wildman–Crippen MR) is 81.0 cm³/mol. The third-order valence-electron chi connectivity index (χ3n) is 3.08. The summed E-state index contributed by atoms with van der Waals surface area (Å²) in [4.78, 5) is 11.6. The SMILES string of the molecule is CN(C)C(=N)Cc1ccc2c(c1)Nc1nccnc1S2. The first-order valence-electron chi connectivity index (χ1n) is 6.27. The molecule has 3 rings (SSSR count). The molecule has 0 spiro atoms. The second-order valence-corrected chi connectivity index (χ2v) is 5.82. The van der Waals surface area contributed by atoms with Gasteiger partial charge in [-0.3, -0.25) is 5.41 Å². The van der Waals surface area contributed by atoms with Crippen molar-refractivity contribution in [2.45, 2.75) is 16.3 Å². The Labute approximate surface area is 121 Å². The van der Waals surface area contributed by atoms with E-state index in [0.717, 1.165) is 27.0 Å². The molecule has 2 N–H and O–H groups in total. The molecule has 1 aromatic heterocycles. The number of hydrogen-bond donors (Lipinski definition) is 2. The van der Waals surface area contributed by atoms with Gasteiger partial charge >= 0.3 is 0 Å². The molecule has 6 heteroatoms. The van der Waals surface area contributed by atoms with E-state index >= 15 is 0 Å². The molecule has 20 heavy (non-hydrogen) atoms. The lowest BCUT2D eigenvalue weighted by molar-refractivity contribution is 0.605. The van der Waals surface area contributed by atoms with Crippen LogP contribution in [0.2, 0.25) is 0 Å². The highest BCUT2D eigenvalue weighted by molar-refractivity contribution is 7.99. The average molecular weight is 285 g/mol. The Kier molecular flexibility index (Phi) is 3.31. The Bertz CT molecular complexity index is 668. The first kappa shape index (κ1) is 12.9. The number of benzene rings is 1. The number of fused-ring (bicyclic) bond motifs is 2. The van der Waals surface area contributed by atoms with Crippen LogP contribution in [-0.2, 0) is 6.42 Å². The van der Waals surface area contributed by atoms with E-state index in [1.165, 1.54) is 0 Å². The van der Waals surface area contributed by atoms with Crippen LogP contribution in [0.4, 0.5) is 11.5 Å². The molecule has 0 bridgehead atoms. The van der Waals surface area contributed by atoms with Gasteiger partial charge in [0.25, 0.3) is 0 Å². The van der Waals surface area contributed by atoms with Crippen LogP contribution >= 0.6 is 11.8 Å². The molecule has 2 aromatic rings. The first-order chi connectivity index (χ1) is 9.63. The third kappa shape index (κ3) is 2.46. The number of nitrogens with zero attached hydrogens (tertiary/aromatic N) is 3. The van der Waals surface area contributed by atoms with Crippen molar-refractivity contribution >= 4 is 29.1 Å². The van der Waals surface area contributed by atoms with Gasteiger partial charge in [-0.25, -0.2) is 9.97 Å². The maximum absolute atomic E-state index is 7.92. The Morgan fingerprint density at radius 3 is 2.90 bits per heavy atom. The minimum absolute atomic E-state index is 0.591. The number of likely N-dealkylation sites (N-methyl/N-ethyl adjacent to an activating group) is 1. The van der Waals surface area contributed by atoms with Crippen LogP contribution in [-0.4, -0.2) is 34.8 Å². The first-order valence-corrected chi connectivity index (χ1v) is 7.08. The highest BCUT2D eigenvalue weighted by atomic mass is 32.2. The zero-order valence-electron chi connectivity index (χ0n) is 11.3. The fourth-order valence-electron chi connectivity index (χ4n) is 1.94. The fourth-order valence-corrected chi connectivity index (χ4v) is 2.82. The number of amidine groups is 1. The van der Waals surface area contributed by atoms with Crippen molar-refractivity contribution in [2.24, 2.45) is 0 Å². The van der Waals surface area contributed by atoms with Gasteiger partial charge in [0, 0.05) is 37.8 Å². The zero-order chi connectivity index (χ0) is 14.1. The van der Waals surface area contributed by atoms with E-state index in [2.05, 4.69) is 33.5 Å². The topological polar surface area (TPSA) is 64.9 Å². The summed E-state index contributed by atoms with van der Waals surface area (Å²) >= 11 is 1.62. The van der Waals surface area contributed by atoms with E-state index in [4.69, 9.17) is 5.41 Å². The minimum atomic E-state index is 0.591. The minimum Gasteiger partial charge on any atom is -0.366 e. The lowest BCUT2D eigenvalue weighted by atomic mass is 10.1. The van der Waals surface area contributed by atoms with Gasteiger partial charge in [-0.05, 0) is 17.7 Å². The number of hydrogen-bond acceptors (Lipinski definition) is 5. The van der Waals surface area contributed by atoms with Crippen LogP contribution in [0.1, 0.15) is 5.56 Å². The van der Waals surface area contributed by atoms with Gasteiger partial charge in [0.2, 0.25) is 0 Å². The van der Waals surface area contributed by atoms with E-state index in [9.17, 15) is 0 Å². The van der Waals surface area contributed by atoms with E-state index in [1.807, 2.05) is 19.0 Å². The molecule has 0 fully saturated rings. The summed E-state index contributed by atoms with van der Waals surface area (Å²) in [5.41, 5.74) is 2.15. The van der Waals surface area contributed by atoms with Crippen LogP contribution in [0.3, 0.4) is 0 Å². The second-order valence-electron chi connectivity index (χ2n) is 4.79. The van der Waals surface area contributed by atoms with E-state index < -0.39 is 0 Å². The van der Waals surface area contributed by atoms with Gasteiger partial charge in [0.05, 0.1) is 11.5 Å². The average Bonchev–Trinajstić information content (AvgIpc) is 2.45. The molecular formula is C14H15N5S.